The summed E-state index contributed by atoms with van der Waals surface area (Å²) in [6.45, 7) is 7.73. The number of nitrogens with zero attached hydrogens (tertiary/aromatic N) is 1. The molecular formula is C31H38N2OS. The van der Waals surface area contributed by atoms with Gasteiger partial charge in [0.05, 0.1) is 7.11 Å². The quantitative estimate of drug-likeness (QED) is 0.345. The molecule has 3 aromatic rings. The van der Waals surface area contributed by atoms with Crippen molar-refractivity contribution in [2.45, 2.75) is 61.4 Å². The fourth-order valence-electron chi connectivity index (χ4n) is 6.16. The molecule has 3 aliphatic rings. The molecule has 0 aromatic heterocycles. The summed E-state index contributed by atoms with van der Waals surface area (Å²) in [5, 5.41) is 4.63. The molecule has 3 fully saturated rings. The summed E-state index contributed by atoms with van der Waals surface area (Å²) in [5.74, 6) is 2.04. The average molecular weight is 487 g/mol. The Labute approximate surface area is 215 Å². The van der Waals surface area contributed by atoms with Crippen LogP contribution in [0.1, 0.15) is 49.3 Å². The minimum Gasteiger partial charge on any atom is -0.496 e. The number of fused-ring (bicyclic) bond motifs is 3. The SMILES string of the molecule is COc1ccc(SC(C)C)cc1CN[C@H]1C2CCN(CC2)[C@H]1C(c1ccccc1)c1ccccc1. The van der Waals surface area contributed by atoms with Gasteiger partial charge in [-0.15, -0.1) is 11.8 Å². The van der Waals surface area contributed by atoms with E-state index < -0.39 is 0 Å². The van der Waals surface area contributed by atoms with Crippen LogP contribution in [0.4, 0.5) is 0 Å². The molecule has 0 aliphatic carbocycles. The van der Waals surface area contributed by atoms with Crippen LogP contribution in [0.15, 0.2) is 83.8 Å². The van der Waals surface area contributed by atoms with Gasteiger partial charge in [0.25, 0.3) is 0 Å². The molecule has 4 heteroatoms. The van der Waals surface area contributed by atoms with Gasteiger partial charge in [0, 0.05) is 40.3 Å². The molecule has 0 amide bonds. The van der Waals surface area contributed by atoms with Crippen molar-refractivity contribution in [1.82, 2.24) is 10.2 Å². The minimum atomic E-state index is 0.350. The smallest absolute Gasteiger partial charge is 0.123 e. The maximum atomic E-state index is 5.76. The van der Waals surface area contributed by atoms with E-state index in [-0.39, 0.29) is 0 Å². The van der Waals surface area contributed by atoms with Crippen LogP contribution in [0, 0.1) is 5.92 Å². The maximum absolute atomic E-state index is 5.76. The Morgan fingerprint density at radius 3 is 2.11 bits per heavy atom. The Hall–Kier alpha value is -2.27. The fraction of sp³-hybridized carbons (Fsp3) is 0.419. The molecule has 184 valence electrons. The summed E-state index contributed by atoms with van der Waals surface area (Å²) in [4.78, 5) is 4.07. The lowest BCUT2D eigenvalue weighted by Crippen LogP contribution is -2.64. The van der Waals surface area contributed by atoms with Crippen LogP contribution in [-0.2, 0) is 6.54 Å². The zero-order valence-corrected chi connectivity index (χ0v) is 22.0. The summed E-state index contributed by atoms with van der Waals surface area (Å²) in [6, 6.07) is 29.8. The van der Waals surface area contributed by atoms with E-state index in [1.165, 1.54) is 47.5 Å². The molecule has 3 saturated heterocycles. The molecule has 2 atom stereocenters. The number of nitrogens with one attached hydrogen (secondary N) is 1. The van der Waals surface area contributed by atoms with Gasteiger partial charge in [-0.05, 0) is 61.2 Å². The number of rotatable bonds is 9. The number of piperidine rings is 3. The summed E-state index contributed by atoms with van der Waals surface area (Å²) in [7, 11) is 1.78. The highest BCUT2D eigenvalue weighted by Gasteiger charge is 2.46. The van der Waals surface area contributed by atoms with Crippen molar-refractivity contribution in [1.29, 1.82) is 0 Å². The molecule has 2 bridgehead atoms. The van der Waals surface area contributed by atoms with Crippen molar-refractivity contribution in [3.05, 3.63) is 95.6 Å². The standard InChI is InChI=1S/C31H38N2OS/c1-22(2)35-27-14-15-28(34-3)26(20-27)21-32-30-25-16-18-33(19-17-25)31(30)29(23-10-6-4-7-11-23)24-12-8-5-9-13-24/h4-15,20,22,25,29-32H,16-19,21H2,1-3H3/t30-,31-/m0/s1. The van der Waals surface area contributed by atoms with Gasteiger partial charge < -0.3 is 10.1 Å². The van der Waals surface area contributed by atoms with Crippen LogP contribution < -0.4 is 10.1 Å². The summed E-state index contributed by atoms with van der Waals surface area (Å²) >= 11 is 1.91. The molecule has 0 spiro atoms. The van der Waals surface area contributed by atoms with Crippen LogP contribution in [0.2, 0.25) is 0 Å². The molecule has 0 unspecified atom stereocenters. The lowest BCUT2D eigenvalue weighted by Gasteiger charge is -2.54. The Morgan fingerprint density at radius 2 is 1.54 bits per heavy atom. The second-order valence-electron chi connectivity index (χ2n) is 10.2. The van der Waals surface area contributed by atoms with E-state index >= 15 is 0 Å². The molecule has 0 radical (unpaired) electrons. The van der Waals surface area contributed by atoms with E-state index in [0.717, 1.165) is 12.3 Å². The van der Waals surface area contributed by atoms with E-state index in [1.54, 1.807) is 7.11 Å². The highest BCUT2D eigenvalue weighted by atomic mass is 32.2. The molecule has 1 N–H and O–H groups in total. The molecule has 3 aliphatic heterocycles. The zero-order chi connectivity index (χ0) is 24.2. The molecule has 6 rings (SSSR count). The lowest BCUT2D eigenvalue weighted by molar-refractivity contribution is 0.00461. The van der Waals surface area contributed by atoms with Crippen LogP contribution in [0.5, 0.6) is 5.75 Å². The zero-order valence-electron chi connectivity index (χ0n) is 21.2. The second kappa shape index (κ2) is 11.2. The molecule has 3 heterocycles. The van der Waals surface area contributed by atoms with Crippen LogP contribution in [0.3, 0.4) is 0 Å². The Kier molecular flexibility index (Phi) is 7.81. The normalized spacial score (nSPS) is 23.7. The molecule has 3 aromatic carbocycles. The first-order valence-corrected chi connectivity index (χ1v) is 13.9. The third kappa shape index (κ3) is 5.45. The van der Waals surface area contributed by atoms with Gasteiger partial charge in [-0.1, -0.05) is 74.5 Å². The van der Waals surface area contributed by atoms with Crippen molar-refractivity contribution >= 4 is 11.8 Å². The van der Waals surface area contributed by atoms with Crippen molar-refractivity contribution in [2.75, 3.05) is 20.2 Å². The van der Waals surface area contributed by atoms with Gasteiger partial charge in [-0.2, -0.15) is 0 Å². The number of ether oxygens (including phenoxy) is 1. The van der Waals surface area contributed by atoms with Crippen LogP contribution in [-0.4, -0.2) is 42.4 Å². The van der Waals surface area contributed by atoms with Gasteiger partial charge in [0.2, 0.25) is 0 Å². The van der Waals surface area contributed by atoms with Crippen molar-refractivity contribution in [3.8, 4) is 5.75 Å². The summed E-state index contributed by atoms with van der Waals surface area (Å²) < 4.78 is 5.76. The highest BCUT2D eigenvalue weighted by Crippen LogP contribution is 2.42. The Bertz CT molecular complexity index is 1040. The first kappa shape index (κ1) is 24.4. The summed E-state index contributed by atoms with van der Waals surface area (Å²) in [6.07, 6.45) is 2.57. The fourth-order valence-corrected chi connectivity index (χ4v) is 7.06. The van der Waals surface area contributed by atoms with E-state index in [1.807, 2.05) is 11.8 Å². The van der Waals surface area contributed by atoms with Gasteiger partial charge >= 0.3 is 0 Å². The molecular weight excluding hydrogens is 448 g/mol. The predicted octanol–water partition coefficient (Wildman–Crippen LogP) is 6.58. The van der Waals surface area contributed by atoms with Gasteiger partial charge in [-0.3, -0.25) is 4.90 Å². The van der Waals surface area contributed by atoms with Gasteiger partial charge in [0.1, 0.15) is 5.75 Å². The van der Waals surface area contributed by atoms with Crippen LogP contribution >= 0.6 is 11.8 Å². The first-order chi connectivity index (χ1) is 17.1. The number of hydrogen-bond donors (Lipinski definition) is 1. The van der Waals surface area contributed by atoms with E-state index in [4.69, 9.17) is 4.74 Å². The van der Waals surface area contributed by atoms with Crippen molar-refractivity contribution < 1.29 is 4.74 Å². The van der Waals surface area contributed by atoms with E-state index in [2.05, 4.69) is 103 Å². The number of benzene rings is 3. The molecule has 0 saturated carbocycles. The molecule has 35 heavy (non-hydrogen) atoms. The minimum absolute atomic E-state index is 0.350. The van der Waals surface area contributed by atoms with Crippen molar-refractivity contribution in [2.24, 2.45) is 5.92 Å². The van der Waals surface area contributed by atoms with E-state index in [0.29, 0.717) is 29.2 Å². The van der Waals surface area contributed by atoms with Gasteiger partial charge in [-0.25, -0.2) is 0 Å². The number of hydrogen-bond acceptors (Lipinski definition) is 4. The predicted molar refractivity (Wildman–Crippen MR) is 147 cm³/mol. The van der Waals surface area contributed by atoms with Crippen molar-refractivity contribution in [3.63, 3.8) is 0 Å². The topological polar surface area (TPSA) is 24.5 Å². The largest absolute Gasteiger partial charge is 0.496 e. The van der Waals surface area contributed by atoms with E-state index in [9.17, 15) is 0 Å². The average Bonchev–Trinajstić information content (AvgIpc) is 2.90. The third-order valence-electron chi connectivity index (χ3n) is 7.68. The maximum Gasteiger partial charge on any atom is 0.123 e. The first-order valence-electron chi connectivity index (χ1n) is 13.0. The monoisotopic (exact) mass is 486 g/mol. The second-order valence-corrected chi connectivity index (χ2v) is 11.9. The number of methoxy groups -OCH3 is 1. The highest BCUT2D eigenvalue weighted by molar-refractivity contribution is 7.99. The molecule has 3 nitrogen and oxygen atoms in total. The Balaban J connectivity index is 1.46. The van der Waals surface area contributed by atoms with Crippen LogP contribution in [0.25, 0.3) is 0 Å². The third-order valence-corrected chi connectivity index (χ3v) is 8.68. The van der Waals surface area contributed by atoms with Gasteiger partial charge in [0.15, 0.2) is 0 Å². The Morgan fingerprint density at radius 1 is 0.914 bits per heavy atom. The lowest BCUT2D eigenvalue weighted by atomic mass is 9.70. The number of thioether (sulfide) groups is 1. The summed E-state index contributed by atoms with van der Waals surface area (Å²) in [5.41, 5.74) is 4.08.